The van der Waals surface area contributed by atoms with Crippen molar-refractivity contribution in [3.05, 3.63) is 27.4 Å². The molecule has 1 aromatic carbocycles. The van der Waals surface area contributed by atoms with Crippen molar-refractivity contribution in [3.63, 3.8) is 0 Å². The van der Waals surface area contributed by atoms with E-state index in [1.807, 2.05) is 6.92 Å². The van der Waals surface area contributed by atoms with Crippen LogP contribution < -0.4 is 9.47 Å². The van der Waals surface area contributed by atoms with Gasteiger partial charge in [-0.15, -0.1) is 0 Å². The molecule has 1 spiro atoms. The first-order chi connectivity index (χ1) is 12.4. The highest BCUT2D eigenvalue weighted by atomic mass is 79.9. The number of aliphatic hydroxyl groups excluding tert-OH is 1. The second-order valence-corrected chi connectivity index (χ2v) is 7.13. The van der Waals surface area contributed by atoms with Gasteiger partial charge in [-0.05, 0) is 34.5 Å². The zero-order valence-electron chi connectivity index (χ0n) is 15.2. The summed E-state index contributed by atoms with van der Waals surface area (Å²) < 4.78 is 17.3. The fraction of sp³-hybridized carbons (Fsp3) is 0.500. The standard InChI is InChI=1S/C18H22BrNO6/c1-10-9-11(23-2)12(15(24-3)14(10)19)13-16(21)18(26-17(13)22)5-7-20(25-4)8-6-18/h9,21H,5-8H2,1-4H3. The predicted molar refractivity (Wildman–Crippen MR) is 98.2 cm³/mol. The van der Waals surface area contributed by atoms with Gasteiger partial charge in [0.2, 0.25) is 0 Å². The summed E-state index contributed by atoms with van der Waals surface area (Å²) in [4.78, 5) is 17.9. The molecule has 0 unspecified atom stereocenters. The molecule has 0 aromatic heterocycles. The van der Waals surface area contributed by atoms with Crippen LogP contribution in [-0.4, -0.2) is 56.2 Å². The Labute approximate surface area is 160 Å². The van der Waals surface area contributed by atoms with Gasteiger partial charge < -0.3 is 24.2 Å². The summed E-state index contributed by atoms with van der Waals surface area (Å²) in [6.07, 6.45) is 0.888. The van der Waals surface area contributed by atoms with Gasteiger partial charge in [0.05, 0.1) is 31.4 Å². The molecule has 1 fully saturated rings. The molecule has 2 aliphatic rings. The molecule has 1 aromatic rings. The molecule has 0 atom stereocenters. The molecule has 2 aliphatic heterocycles. The first-order valence-corrected chi connectivity index (χ1v) is 9.05. The van der Waals surface area contributed by atoms with E-state index in [2.05, 4.69) is 15.9 Å². The molecule has 26 heavy (non-hydrogen) atoms. The minimum absolute atomic E-state index is 0.0781. The second kappa shape index (κ2) is 7.09. The number of benzene rings is 1. The fourth-order valence-corrected chi connectivity index (χ4v) is 3.99. The Morgan fingerprint density at radius 3 is 2.42 bits per heavy atom. The number of aliphatic hydroxyl groups is 1. The third kappa shape index (κ3) is 2.86. The van der Waals surface area contributed by atoms with Crippen molar-refractivity contribution in [1.82, 2.24) is 5.06 Å². The summed E-state index contributed by atoms with van der Waals surface area (Å²) in [6.45, 7) is 2.99. The number of carbonyl (C=O) groups excluding carboxylic acids is 1. The van der Waals surface area contributed by atoms with Gasteiger partial charge in [-0.1, -0.05) is 0 Å². The van der Waals surface area contributed by atoms with Crippen LogP contribution in [0.3, 0.4) is 0 Å². The van der Waals surface area contributed by atoms with Gasteiger partial charge in [-0.2, -0.15) is 5.06 Å². The lowest BCUT2D eigenvalue weighted by Gasteiger charge is -2.36. The van der Waals surface area contributed by atoms with Gasteiger partial charge in [0, 0.05) is 25.9 Å². The Balaban J connectivity index is 2.14. The summed E-state index contributed by atoms with van der Waals surface area (Å²) in [7, 11) is 4.61. The van der Waals surface area contributed by atoms with Crippen molar-refractivity contribution >= 4 is 27.5 Å². The molecule has 0 amide bonds. The van der Waals surface area contributed by atoms with Gasteiger partial charge >= 0.3 is 5.97 Å². The van der Waals surface area contributed by atoms with Crippen molar-refractivity contribution in [2.45, 2.75) is 25.4 Å². The van der Waals surface area contributed by atoms with E-state index in [1.54, 1.807) is 18.2 Å². The lowest BCUT2D eigenvalue weighted by molar-refractivity contribution is -0.182. The first-order valence-electron chi connectivity index (χ1n) is 8.26. The summed E-state index contributed by atoms with van der Waals surface area (Å²) >= 11 is 3.49. The molecule has 142 valence electrons. The van der Waals surface area contributed by atoms with E-state index in [4.69, 9.17) is 19.0 Å². The van der Waals surface area contributed by atoms with Gasteiger partial charge in [0.15, 0.2) is 11.4 Å². The lowest BCUT2D eigenvalue weighted by Crippen LogP contribution is -2.45. The van der Waals surface area contributed by atoms with Gasteiger partial charge in [-0.3, -0.25) is 0 Å². The molecule has 3 rings (SSSR count). The highest BCUT2D eigenvalue weighted by molar-refractivity contribution is 9.10. The first kappa shape index (κ1) is 19.0. The van der Waals surface area contributed by atoms with Crippen LogP contribution in [0.25, 0.3) is 5.57 Å². The van der Waals surface area contributed by atoms with Crippen LogP contribution >= 0.6 is 15.9 Å². The van der Waals surface area contributed by atoms with Crippen molar-refractivity contribution in [1.29, 1.82) is 0 Å². The maximum Gasteiger partial charge on any atom is 0.343 e. The average molecular weight is 428 g/mol. The largest absolute Gasteiger partial charge is 0.507 e. The zero-order chi connectivity index (χ0) is 19.1. The second-order valence-electron chi connectivity index (χ2n) is 6.34. The van der Waals surface area contributed by atoms with Gasteiger partial charge in [-0.25, -0.2) is 4.79 Å². The Morgan fingerprint density at radius 2 is 1.88 bits per heavy atom. The zero-order valence-corrected chi connectivity index (χ0v) is 16.8. The van der Waals surface area contributed by atoms with E-state index in [-0.39, 0.29) is 11.3 Å². The maximum absolute atomic E-state index is 12.7. The number of rotatable bonds is 4. The van der Waals surface area contributed by atoms with Gasteiger partial charge in [0.25, 0.3) is 0 Å². The molecule has 0 radical (unpaired) electrons. The van der Waals surface area contributed by atoms with Crippen molar-refractivity contribution in [2.75, 3.05) is 34.4 Å². The van der Waals surface area contributed by atoms with Crippen LogP contribution in [0, 0.1) is 6.92 Å². The summed E-state index contributed by atoms with van der Waals surface area (Å²) in [5.41, 5.74) is 0.331. The summed E-state index contributed by atoms with van der Waals surface area (Å²) in [5.74, 6) is 0.200. The molecule has 0 bridgehead atoms. The van der Waals surface area contributed by atoms with E-state index in [0.717, 1.165) is 5.56 Å². The predicted octanol–water partition coefficient (Wildman–Crippen LogP) is 3.00. The number of hydrogen-bond donors (Lipinski definition) is 1. The molecule has 8 heteroatoms. The number of nitrogens with zero attached hydrogens (tertiary/aromatic N) is 1. The third-order valence-corrected chi connectivity index (χ3v) is 5.98. The number of aryl methyl sites for hydroxylation is 1. The van der Waals surface area contributed by atoms with Crippen LogP contribution in [-0.2, 0) is 14.4 Å². The normalized spacial score (nSPS) is 19.8. The summed E-state index contributed by atoms with van der Waals surface area (Å²) in [5, 5.41) is 12.8. The molecular weight excluding hydrogens is 406 g/mol. The quantitative estimate of drug-likeness (QED) is 0.739. The Bertz CT molecular complexity index is 767. The van der Waals surface area contributed by atoms with Crippen molar-refractivity contribution in [3.8, 4) is 11.5 Å². The maximum atomic E-state index is 12.7. The number of hydrogen-bond acceptors (Lipinski definition) is 7. The van der Waals surface area contributed by atoms with Crippen LogP contribution in [0.1, 0.15) is 24.0 Å². The van der Waals surface area contributed by atoms with Crippen LogP contribution in [0.2, 0.25) is 0 Å². The number of hydroxylamine groups is 2. The Kier molecular flexibility index (Phi) is 5.18. The minimum atomic E-state index is -1.03. The molecule has 0 aliphatic carbocycles. The van der Waals surface area contributed by atoms with E-state index in [1.165, 1.54) is 14.2 Å². The number of piperidine rings is 1. The van der Waals surface area contributed by atoms with E-state index in [9.17, 15) is 9.90 Å². The Morgan fingerprint density at radius 1 is 1.23 bits per heavy atom. The fourth-order valence-electron chi connectivity index (χ4n) is 3.51. The number of ether oxygens (including phenoxy) is 3. The number of halogens is 1. The molecular formula is C18H22BrNO6. The van der Waals surface area contributed by atoms with E-state index in [0.29, 0.717) is 47.5 Å². The highest BCUT2D eigenvalue weighted by Gasteiger charge is 2.51. The monoisotopic (exact) mass is 427 g/mol. The number of esters is 1. The average Bonchev–Trinajstić information content (AvgIpc) is 2.87. The lowest BCUT2D eigenvalue weighted by atomic mass is 9.88. The third-order valence-electron chi connectivity index (χ3n) is 4.99. The number of methoxy groups -OCH3 is 2. The van der Waals surface area contributed by atoms with Crippen molar-refractivity contribution < 1.29 is 28.9 Å². The molecule has 0 saturated carbocycles. The SMILES string of the molecule is COc1cc(C)c(Br)c(OC)c1C1=C(O)C2(CCN(OC)CC2)OC1=O. The summed E-state index contributed by atoms with van der Waals surface area (Å²) in [6, 6.07) is 1.79. The van der Waals surface area contributed by atoms with Crippen LogP contribution in [0.5, 0.6) is 11.5 Å². The highest BCUT2D eigenvalue weighted by Crippen LogP contribution is 2.49. The van der Waals surface area contributed by atoms with Crippen LogP contribution in [0.4, 0.5) is 0 Å². The molecule has 1 N–H and O–H groups in total. The molecule has 2 heterocycles. The number of carbonyl (C=O) groups is 1. The minimum Gasteiger partial charge on any atom is -0.507 e. The van der Waals surface area contributed by atoms with Crippen LogP contribution in [0.15, 0.2) is 16.3 Å². The molecule has 1 saturated heterocycles. The van der Waals surface area contributed by atoms with Gasteiger partial charge in [0.1, 0.15) is 17.1 Å². The van der Waals surface area contributed by atoms with E-state index >= 15 is 0 Å². The van der Waals surface area contributed by atoms with E-state index < -0.39 is 11.6 Å². The Hall–Kier alpha value is -1.77. The van der Waals surface area contributed by atoms with Crippen molar-refractivity contribution in [2.24, 2.45) is 0 Å². The smallest absolute Gasteiger partial charge is 0.343 e. The topological polar surface area (TPSA) is 77.5 Å². The molecule has 7 nitrogen and oxygen atoms in total.